The van der Waals surface area contributed by atoms with Crippen LogP contribution in [0.5, 0.6) is 5.75 Å². The van der Waals surface area contributed by atoms with E-state index in [1.807, 2.05) is 0 Å². The molecule has 0 aliphatic heterocycles. The number of primary sulfonamides is 1. The van der Waals surface area contributed by atoms with Gasteiger partial charge in [-0.15, -0.1) is 0 Å². The van der Waals surface area contributed by atoms with Crippen LogP contribution in [0.3, 0.4) is 0 Å². The van der Waals surface area contributed by atoms with Crippen LogP contribution >= 0.6 is 0 Å². The van der Waals surface area contributed by atoms with Gasteiger partial charge in [0.2, 0.25) is 10.0 Å². The molecule has 9 heteroatoms. The van der Waals surface area contributed by atoms with Crippen LogP contribution in [-0.2, 0) is 10.0 Å². The Hall–Kier alpha value is -1.35. The predicted octanol–water partition coefficient (Wildman–Crippen LogP) is 0.511. The molecule has 0 unspecified atom stereocenters. The van der Waals surface area contributed by atoms with Gasteiger partial charge in [-0.05, 0) is 0 Å². The van der Waals surface area contributed by atoms with E-state index < -0.39 is 38.6 Å². The van der Waals surface area contributed by atoms with Crippen molar-refractivity contribution in [2.24, 2.45) is 5.14 Å². The summed E-state index contributed by atoms with van der Waals surface area (Å²) in [5.41, 5.74) is -1.24. The van der Waals surface area contributed by atoms with Crippen molar-refractivity contribution in [3.05, 3.63) is 17.7 Å². The topological polar surface area (TPSA) is 93.3 Å². The fraction of sp³-hybridized carbons (Fsp3) is 0.167. The maximum Gasteiger partial charge on any atom is 0.284 e. The monoisotopic (exact) mass is 242 g/mol. The molecule has 0 atom stereocenters. The molecular formula is C6H5F3N2O3S. The molecule has 0 spiro atoms. The first kappa shape index (κ1) is 11.7. The number of pyridine rings is 1. The predicted molar refractivity (Wildman–Crippen MR) is 42.2 cm³/mol. The van der Waals surface area contributed by atoms with Gasteiger partial charge in [0.1, 0.15) is 4.90 Å². The number of aromatic hydroxyl groups is 1. The summed E-state index contributed by atoms with van der Waals surface area (Å²) in [5, 5.41) is 13.4. The van der Waals surface area contributed by atoms with E-state index in [0.29, 0.717) is 6.20 Å². The lowest BCUT2D eigenvalue weighted by Gasteiger charge is -2.05. The van der Waals surface area contributed by atoms with E-state index in [2.05, 4.69) is 10.1 Å². The molecule has 84 valence electrons. The van der Waals surface area contributed by atoms with Gasteiger partial charge in [-0.2, -0.15) is 0 Å². The average molecular weight is 242 g/mol. The quantitative estimate of drug-likeness (QED) is 0.790. The van der Waals surface area contributed by atoms with Crippen molar-refractivity contribution in [1.29, 1.82) is 0 Å². The molecule has 0 radical (unpaired) electrons. The van der Waals surface area contributed by atoms with Gasteiger partial charge in [0.05, 0.1) is 6.20 Å². The Morgan fingerprint density at radius 1 is 1.47 bits per heavy atom. The van der Waals surface area contributed by atoms with Crippen molar-refractivity contribution in [2.45, 2.75) is 11.3 Å². The van der Waals surface area contributed by atoms with Crippen LogP contribution < -0.4 is 5.14 Å². The molecule has 0 amide bonds. The van der Waals surface area contributed by atoms with Gasteiger partial charge >= 0.3 is 0 Å². The van der Waals surface area contributed by atoms with Crippen LogP contribution in [0.4, 0.5) is 13.2 Å². The summed E-state index contributed by atoms with van der Waals surface area (Å²) in [6.45, 7) is 0. The highest BCUT2D eigenvalue weighted by atomic mass is 32.2. The van der Waals surface area contributed by atoms with Crippen LogP contribution in [0.2, 0.25) is 0 Å². The second-order valence-corrected chi connectivity index (χ2v) is 4.05. The van der Waals surface area contributed by atoms with E-state index >= 15 is 0 Å². The Bertz CT molecular complexity index is 489. The molecule has 0 saturated heterocycles. The third-order valence-corrected chi connectivity index (χ3v) is 2.40. The molecular weight excluding hydrogens is 237 g/mol. The molecule has 5 nitrogen and oxygen atoms in total. The van der Waals surface area contributed by atoms with Gasteiger partial charge in [0, 0.05) is 0 Å². The summed E-state index contributed by atoms with van der Waals surface area (Å²) >= 11 is 0. The number of alkyl halides is 2. The second-order valence-electron chi connectivity index (χ2n) is 2.52. The van der Waals surface area contributed by atoms with Crippen LogP contribution in [0.25, 0.3) is 0 Å². The summed E-state index contributed by atoms with van der Waals surface area (Å²) in [5.74, 6) is -3.25. The highest BCUT2D eigenvalue weighted by Crippen LogP contribution is 2.30. The van der Waals surface area contributed by atoms with Crippen molar-refractivity contribution in [3.8, 4) is 5.75 Å². The van der Waals surface area contributed by atoms with E-state index in [1.165, 1.54) is 0 Å². The molecule has 1 aromatic rings. The molecule has 15 heavy (non-hydrogen) atoms. The van der Waals surface area contributed by atoms with Crippen LogP contribution in [-0.4, -0.2) is 18.5 Å². The molecule has 0 fully saturated rings. The molecule has 3 N–H and O–H groups in total. The van der Waals surface area contributed by atoms with Crippen LogP contribution in [0.1, 0.15) is 12.1 Å². The number of nitrogens with zero attached hydrogens (tertiary/aromatic N) is 1. The molecule has 1 aromatic heterocycles. The summed E-state index contributed by atoms with van der Waals surface area (Å²) in [7, 11) is -4.44. The van der Waals surface area contributed by atoms with Gasteiger partial charge in [-0.1, -0.05) is 0 Å². The molecule has 0 bridgehead atoms. The first-order valence-electron chi connectivity index (χ1n) is 3.43. The largest absolute Gasteiger partial charge is 0.503 e. The zero-order chi connectivity index (χ0) is 11.8. The Morgan fingerprint density at radius 2 is 2.00 bits per heavy atom. The van der Waals surface area contributed by atoms with E-state index in [-0.39, 0.29) is 0 Å². The third-order valence-electron chi connectivity index (χ3n) is 1.50. The van der Waals surface area contributed by atoms with Crippen molar-refractivity contribution in [1.82, 2.24) is 4.98 Å². The number of aromatic nitrogens is 1. The van der Waals surface area contributed by atoms with Gasteiger partial charge in [-0.3, -0.25) is 0 Å². The lowest BCUT2D eigenvalue weighted by atomic mass is 10.3. The number of rotatable bonds is 2. The van der Waals surface area contributed by atoms with Gasteiger partial charge in [0.15, 0.2) is 17.3 Å². The molecule has 1 heterocycles. The number of hydrogen-bond acceptors (Lipinski definition) is 4. The second kappa shape index (κ2) is 3.66. The van der Waals surface area contributed by atoms with Gasteiger partial charge < -0.3 is 5.11 Å². The maximum absolute atomic E-state index is 13.0. The minimum absolute atomic E-state index is 0.325. The summed E-state index contributed by atoms with van der Waals surface area (Å²) in [6, 6.07) is 0. The first-order valence-corrected chi connectivity index (χ1v) is 4.98. The average Bonchev–Trinajstić information content (AvgIpc) is 2.06. The van der Waals surface area contributed by atoms with Gasteiger partial charge in [-0.25, -0.2) is 31.7 Å². The standard InChI is InChI=1S/C6H5F3N2O3S/c7-3-2(15(10,13)14)1-11-4(5(3)12)6(8)9/h1,6,12H,(H2,10,13,14). The minimum atomic E-state index is -4.44. The van der Waals surface area contributed by atoms with E-state index in [4.69, 9.17) is 5.11 Å². The number of halogens is 3. The molecule has 0 aromatic carbocycles. The Morgan fingerprint density at radius 3 is 2.40 bits per heavy atom. The number of hydrogen-bond donors (Lipinski definition) is 2. The zero-order valence-electron chi connectivity index (χ0n) is 6.99. The summed E-state index contributed by atoms with van der Waals surface area (Å²) in [6.07, 6.45) is -2.89. The highest BCUT2D eigenvalue weighted by molar-refractivity contribution is 7.89. The minimum Gasteiger partial charge on any atom is -0.503 e. The normalized spacial score (nSPS) is 12.1. The van der Waals surface area contributed by atoms with Crippen LogP contribution in [0.15, 0.2) is 11.1 Å². The van der Waals surface area contributed by atoms with Crippen LogP contribution in [0, 0.1) is 5.82 Å². The van der Waals surface area contributed by atoms with Crippen molar-refractivity contribution >= 4 is 10.0 Å². The first-order chi connectivity index (χ1) is 6.75. The lowest BCUT2D eigenvalue weighted by Crippen LogP contribution is -2.15. The Balaban J connectivity index is 3.48. The highest BCUT2D eigenvalue weighted by Gasteiger charge is 2.25. The number of sulfonamides is 1. The fourth-order valence-electron chi connectivity index (χ4n) is 0.833. The van der Waals surface area contributed by atoms with Crippen molar-refractivity contribution < 1.29 is 26.7 Å². The maximum atomic E-state index is 13.0. The molecule has 1 rings (SSSR count). The number of nitrogens with two attached hydrogens (primary N) is 1. The smallest absolute Gasteiger partial charge is 0.284 e. The summed E-state index contributed by atoms with van der Waals surface area (Å²) < 4.78 is 58.5. The van der Waals surface area contributed by atoms with Crippen molar-refractivity contribution in [2.75, 3.05) is 0 Å². The zero-order valence-corrected chi connectivity index (χ0v) is 7.80. The molecule has 0 aliphatic carbocycles. The van der Waals surface area contributed by atoms with E-state index in [1.54, 1.807) is 0 Å². The van der Waals surface area contributed by atoms with Gasteiger partial charge in [0.25, 0.3) is 6.43 Å². The molecule has 0 aliphatic rings. The van der Waals surface area contributed by atoms with E-state index in [0.717, 1.165) is 0 Å². The van der Waals surface area contributed by atoms with Crippen molar-refractivity contribution in [3.63, 3.8) is 0 Å². The molecule has 0 saturated carbocycles. The lowest BCUT2D eigenvalue weighted by molar-refractivity contribution is 0.140. The fourth-order valence-corrected chi connectivity index (χ4v) is 1.38. The Kier molecular flexibility index (Phi) is 2.86. The summed E-state index contributed by atoms with van der Waals surface area (Å²) in [4.78, 5) is 1.77. The third kappa shape index (κ3) is 2.18. The van der Waals surface area contributed by atoms with E-state index in [9.17, 15) is 21.6 Å². The SMILES string of the molecule is NS(=O)(=O)c1cnc(C(F)F)c(O)c1F. The Labute approximate surface area is 82.4 Å².